The van der Waals surface area contributed by atoms with E-state index in [1.165, 1.54) is 58.8 Å². The van der Waals surface area contributed by atoms with Gasteiger partial charge in [-0.1, -0.05) is 84.5 Å². The second kappa shape index (κ2) is 16.6. The van der Waals surface area contributed by atoms with Crippen LogP contribution in [0.4, 0.5) is 0 Å². The van der Waals surface area contributed by atoms with E-state index in [1.54, 1.807) is 0 Å². The smallest absolute Gasteiger partial charge is 0.385 e. The Hall–Kier alpha value is -0.0100. The Morgan fingerprint density at radius 2 is 1.25 bits per heavy atom. The molecule has 0 amide bonds. The van der Waals surface area contributed by atoms with E-state index in [0.717, 1.165) is 32.1 Å². The van der Waals surface area contributed by atoms with Crippen LogP contribution in [-0.2, 0) is 18.3 Å². The van der Waals surface area contributed by atoms with E-state index in [4.69, 9.17) is 13.8 Å². The van der Waals surface area contributed by atoms with E-state index < -0.39 is 31.4 Å². The highest BCUT2D eigenvalue weighted by molar-refractivity contribution is 7.47. The fourth-order valence-corrected chi connectivity index (χ4v) is 4.66. The summed E-state index contributed by atoms with van der Waals surface area (Å²) in [5.41, 5.74) is -2.18. The average Bonchev–Trinajstić information content (AvgIpc) is 2.68. The van der Waals surface area contributed by atoms with Crippen LogP contribution >= 0.6 is 7.82 Å². The molecule has 0 radical (unpaired) electrons. The fraction of sp³-hybridized carbons (Fsp3) is 1.00. The van der Waals surface area contributed by atoms with Crippen LogP contribution in [-0.4, -0.2) is 45.3 Å². The summed E-state index contributed by atoms with van der Waals surface area (Å²) in [4.78, 5) is 10.1. The minimum atomic E-state index is -4.38. The summed E-state index contributed by atoms with van der Waals surface area (Å²) in [6.45, 7) is 10.9. The van der Waals surface area contributed by atoms with Crippen LogP contribution in [0.3, 0.4) is 0 Å². The second-order valence-electron chi connectivity index (χ2n) is 9.99. The molecule has 0 heterocycles. The zero-order valence-electron chi connectivity index (χ0n) is 21.5. The molecular formula is C24H51O7P. The van der Waals surface area contributed by atoms with Crippen LogP contribution in [0, 0.1) is 0 Å². The molecule has 3 atom stereocenters. The van der Waals surface area contributed by atoms with Gasteiger partial charge in [0.2, 0.25) is 0 Å². The lowest BCUT2D eigenvalue weighted by atomic mass is 9.99. The molecule has 0 saturated carbocycles. The molecule has 0 rings (SSSR count). The number of hydrogen-bond acceptors (Lipinski definition) is 6. The Labute approximate surface area is 196 Å². The second-order valence-corrected chi connectivity index (χ2v) is 11.4. The van der Waals surface area contributed by atoms with Crippen molar-refractivity contribution in [3.63, 3.8) is 0 Å². The number of phosphoric ester groups is 1. The molecule has 0 aromatic carbocycles. The highest BCUT2D eigenvalue weighted by Gasteiger charge is 2.42. The molecule has 3 N–H and O–H groups in total. The number of ether oxygens (including phenoxy) is 1. The number of rotatable bonds is 21. The molecule has 0 bridgehead atoms. The molecule has 0 spiro atoms. The molecule has 0 aromatic rings. The number of phosphoric acid groups is 1. The lowest BCUT2D eigenvalue weighted by molar-refractivity contribution is -0.245. The highest BCUT2D eigenvalue weighted by Crippen LogP contribution is 2.48. The average molecular weight is 483 g/mol. The maximum absolute atomic E-state index is 12.3. The van der Waals surface area contributed by atoms with Gasteiger partial charge in [0.05, 0.1) is 12.2 Å². The molecule has 0 aliphatic rings. The number of aliphatic hydroxyl groups excluding tert-OH is 2. The first-order valence-corrected chi connectivity index (χ1v) is 14.1. The zero-order chi connectivity index (χ0) is 24.7. The third kappa shape index (κ3) is 15.8. The van der Waals surface area contributed by atoms with Gasteiger partial charge in [-0.05, 0) is 40.5 Å². The molecule has 3 unspecified atom stereocenters. The van der Waals surface area contributed by atoms with Gasteiger partial charge < -0.3 is 19.8 Å². The summed E-state index contributed by atoms with van der Waals surface area (Å²) in [7, 11) is -4.38. The van der Waals surface area contributed by atoms with E-state index in [0.29, 0.717) is 6.42 Å². The Balaban J connectivity index is 4.23. The Kier molecular flexibility index (Phi) is 16.6. The molecule has 0 aliphatic heterocycles. The molecule has 0 aliphatic carbocycles. The van der Waals surface area contributed by atoms with E-state index in [-0.39, 0.29) is 6.61 Å². The van der Waals surface area contributed by atoms with E-state index in [9.17, 15) is 19.7 Å². The lowest BCUT2D eigenvalue weighted by Gasteiger charge is -2.37. The van der Waals surface area contributed by atoms with Crippen LogP contribution in [0.15, 0.2) is 0 Å². The van der Waals surface area contributed by atoms with Crippen LogP contribution in [0.2, 0.25) is 0 Å². The Bertz CT molecular complexity index is 511. The summed E-state index contributed by atoms with van der Waals surface area (Å²) in [5, 5.41) is 20.8. The van der Waals surface area contributed by atoms with Gasteiger partial charge in [0.25, 0.3) is 0 Å². The van der Waals surface area contributed by atoms with Crippen LogP contribution < -0.4 is 0 Å². The minimum Gasteiger partial charge on any atom is -0.385 e. The number of unbranched alkanes of at least 4 members (excludes halogenated alkanes) is 10. The van der Waals surface area contributed by atoms with Crippen LogP contribution in [0.25, 0.3) is 0 Å². The number of hydrogen-bond donors (Lipinski definition) is 3. The van der Waals surface area contributed by atoms with Crippen molar-refractivity contribution in [3.8, 4) is 0 Å². The van der Waals surface area contributed by atoms with Gasteiger partial charge in [-0.3, -0.25) is 9.05 Å². The molecule has 32 heavy (non-hydrogen) atoms. The van der Waals surface area contributed by atoms with Gasteiger partial charge in [-0.15, -0.1) is 0 Å². The topological polar surface area (TPSA) is 105 Å². The predicted molar refractivity (Wildman–Crippen MR) is 129 cm³/mol. The van der Waals surface area contributed by atoms with E-state index >= 15 is 0 Å². The highest BCUT2D eigenvalue weighted by atomic mass is 31.2. The first kappa shape index (κ1) is 32.0. The van der Waals surface area contributed by atoms with Crippen molar-refractivity contribution in [3.05, 3.63) is 0 Å². The van der Waals surface area contributed by atoms with Crippen molar-refractivity contribution < 1.29 is 33.5 Å². The first-order valence-electron chi connectivity index (χ1n) is 12.6. The first-order chi connectivity index (χ1) is 14.9. The largest absolute Gasteiger partial charge is 0.472 e. The van der Waals surface area contributed by atoms with Gasteiger partial charge in [-0.2, -0.15) is 0 Å². The van der Waals surface area contributed by atoms with Crippen molar-refractivity contribution in [2.75, 3.05) is 6.61 Å². The molecular weight excluding hydrogens is 431 g/mol. The predicted octanol–water partition coefficient (Wildman–Crippen LogP) is 6.48. The van der Waals surface area contributed by atoms with Crippen LogP contribution in [0.5, 0.6) is 0 Å². The third-order valence-corrected chi connectivity index (χ3v) is 6.87. The summed E-state index contributed by atoms with van der Waals surface area (Å²) in [6.07, 6.45) is 11.1. The normalized spacial score (nSPS) is 16.7. The molecule has 8 heteroatoms. The maximum Gasteiger partial charge on any atom is 0.472 e. The van der Waals surface area contributed by atoms with Crippen LogP contribution in [0.1, 0.15) is 125 Å². The van der Waals surface area contributed by atoms with E-state index in [1.807, 2.05) is 13.8 Å². The summed E-state index contributed by atoms with van der Waals surface area (Å²) >= 11 is 0. The maximum atomic E-state index is 12.3. The molecule has 0 saturated heterocycles. The van der Waals surface area contributed by atoms with Gasteiger partial charge >= 0.3 is 7.82 Å². The van der Waals surface area contributed by atoms with Crippen molar-refractivity contribution in [2.24, 2.45) is 0 Å². The Morgan fingerprint density at radius 3 is 1.75 bits per heavy atom. The quantitative estimate of drug-likeness (QED) is 0.0976. The van der Waals surface area contributed by atoms with Crippen molar-refractivity contribution in [1.29, 1.82) is 0 Å². The molecule has 0 fully saturated rings. The minimum absolute atomic E-state index is 0.111. The van der Waals surface area contributed by atoms with Crippen molar-refractivity contribution >= 4 is 7.82 Å². The summed E-state index contributed by atoms with van der Waals surface area (Å²) < 4.78 is 28.2. The summed E-state index contributed by atoms with van der Waals surface area (Å²) in [6, 6.07) is 0. The van der Waals surface area contributed by atoms with E-state index in [2.05, 4.69) is 13.8 Å². The van der Waals surface area contributed by atoms with Gasteiger partial charge in [0.15, 0.2) is 6.29 Å². The summed E-state index contributed by atoms with van der Waals surface area (Å²) in [5.74, 6) is 0. The Morgan fingerprint density at radius 1 is 0.781 bits per heavy atom. The van der Waals surface area contributed by atoms with Crippen molar-refractivity contribution in [1.82, 2.24) is 0 Å². The fourth-order valence-electron chi connectivity index (χ4n) is 3.54. The lowest BCUT2D eigenvalue weighted by Crippen LogP contribution is -2.49. The van der Waals surface area contributed by atoms with Gasteiger partial charge in [0.1, 0.15) is 11.7 Å². The molecule has 194 valence electrons. The third-order valence-electron chi connectivity index (χ3n) is 5.66. The van der Waals surface area contributed by atoms with Crippen molar-refractivity contribution in [2.45, 2.75) is 149 Å². The monoisotopic (exact) mass is 482 g/mol. The SMILES string of the molecule is CCCCCCCCCCCCOP(=O)(O)OC(C)(C)C(O)C(O)OC(C)(C)CCCC. The number of aliphatic hydroxyl groups is 2. The van der Waals surface area contributed by atoms with Gasteiger partial charge in [0, 0.05) is 0 Å². The standard InChI is InChI=1S/C24H51O7P/c1-7-9-11-12-13-14-15-16-17-18-20-29-32(27,28)31-24(5,6)21(25)22(26)30-23(3,4)19-10-8-2/h21-22,25-26H,7-20H2,1-6H3,(H,27,28). The van der Waals surface area contributed by atoms with Gasteiger partial charge in [-0.25, -0.2) is 4.57 Å². The zero-order valence-corrected chi connectivity index (χ0v) is 22.4. The molecule has 0 aromatic heterocycles. The molecule has 7 nitrogen and oxygen atoms in total.